The molecular formula is C15H13BrF2O. The Morgan fingerprint density at radius 1 is 1.00 bits per heavy atom. The Balaban J connectivity index is 2.46. The summed E-state index contributed by atoms with van der Waals surface area (Å²) in [4.78, 5) is 0. The van der Waals surface area contributed by atoms with E-state index >= 15 is 0 Å². The van der Waals surface area contributed by atoms with Gasteiger partial charge in [-0.3, -0.25) is 0 Å². The summed E-state index contributed by atoms with van der Waals surface area (Å²) in [5, 5.41) is 10.3. The molecule has 1 N–H and O–H groups in total. The monoisotopic (exact) mass is 326 g/mol. The first-order valence-electron chi connectivity index (χ1n) is 5.80. The smallest absolute Gasteiger partial charge is 0.159 e. The Morgan fingerprint density at radius 3 is 2.32 bits per heavy atom. The number of halogens is 3. The molecule has 4 heteroatoms. The maximum absolute atomic E-state index is 13.2. The highest BCUT2D eigenvalue weighted by atomic mass is 79.9. The SMILES string of the molecule is Cc1cc(C(O)c2ccc(F)c(F)c2)c(C)cc1Br. The molecule has 1 unspecified atom stereocenters. The van der Waals surface area contributed by atoms with Gasteiger partial charge in [0.1, 0.15) is 6.10 Å². The van der Waals surface area contributed by atoms with Gasteiger partial charge in [-0.15, -0.1) is 0 Å². The van der Waals surface area contributed by atoms with Gasteiger partial charge in [0, 0.05) is 4.47 Å². The van der Waals surface area contributed by atoms with Crippen molar-refractivity contribution in [2.24, 2.45) is 0 Å². The van der Waals surface area contributed by atoms with Crippen molar-refractivity contribution in [3.8, 4) is 0 Å². The number of rotatable bonds is 2. The van der Waals surface area contributed by atoms with Crippen LogP contribution in [0.3, 0.4) is 0 Å². The molecule has 1 atom stereocenters. The maximum Gasteiger partial charge on any atom is 0.159 e. The van der Waals surface area contributed by atoms with Crippen molar-refractivity contribution in [1.82, 2.24) is 0 Å². The van der Waals surface area contributed by atoms with Crippen molar-refractivity contribution in [2.75, 3.05) is 0 Å². The van der Waals surface area contributed by atoms with Crippen LogP contribution in [0.25, 0.3) is 0 Å². The standard InChI is InChI=1S/C15H13BrF2O/c1-8-6-12(16)9(2)5-11(8)15(19)10-3-4-13(17)14(18)7-10/h3-7,15,19H,1-2H3. The van der Waals surface area contributed by atoms with Crippen LogP contribution in [0.1, 0.15) is 28.4 Å². The van der Waals surface area contributed by atoms with E-state index in [-0.39, 0.29) is 0 Å². The molecule has 0 aliphatic rings. The molecule has 1 nitrogen and oxygen atoms in total. The third-order valence-corrected chi connectivity index (χ3v) is 3.96. The van der Waals surface area contributed by atoms with Crippen molar-refractivity contribution in [3.05, 3.63) is 68.7 Å². The zero-order valence-corrected chi connectivity index (χ0v) is 12.1. The van der Waals surface area contributed by atoms with E-state index in [1.165, 1.54) is 6.07 Å². The van der Waals surface area contributed by atoms with Gasteiger partial charge in [0.15, 0.2) is 11.6 Å². The molecule has 0 spiro atoms. The number of aliphatic hydroxyl groups excluding tert-OH is 1. The molecular weight excluding hydrogens is 314 g/mol. The summed E-state index contributed by atoms with van der Waals surface area (Å²) in [5.41, 5.74) is 2.88. The number of hydrogen-bond donors (Lipinski definition) is 1. The van der Waals surface area contributed by atoms with Gasteiger partial charge in [0.25, 0.3) is 0 Å². The second kappa shape index (κ2) is 5.39. The molecule has 0 radical (unpaired) electrons. The molecule has 0 amide bonds. The second-order valence-corrected chi connectivity index (χ2v) is 5.39. The van der Waals surface area contributed by atoms with Gasteiger partial charge in [0.2, 0.25) is 0 Å². The molecule has 2 rings (SSSR count). The first-order valence-corrected chi connectivity index (χ1v) is 6.59. The van der Waals surface area contributed by atoms with Crippen LogP contribution < -0.4 is 0 Å². The minimum absolute atomic E-state index is 0.337. The Bertz CT molecular complexity index is 626. The predicted octanol–water partition coefficient (Wildman–Crippen LogP) is 4.43. The molecule has 19 heavy (non-hydrogen) atoms. The summed E-state index contributed by atoms with van der Waals surface area (Å²) in [6.07, 6.45) is -0.970. The molecule has 0 aliphatic carbocycles. The molecule has 0 saturated heterocycles. The average molecular weight is 327 g/mol. The highest BCUT2D eigenvalue weighted by Gasteiger charge is 2.16. The maximum atomic E-state index is 13.2. The number of hydrogen-bond acceptors (Lipinski definition) is 1. The van der Waals surface area contributed by atoms with Crippen LogP contribution in [0.15, 0.2) is 34.8 Å². The number of aryl methyl sites for hydroxylation is 2. The summed E-state index contributed by atoms with van der Waals surface area (Å²) in [6.45, 7) is 3.77. The van der Waals surface area contributed by atoms with Crippen LogP contribution in [0, 0.1) is 25.5 Å². The summed E-state index contributed by atoms with van der Waals surface area (Å²) in [6, 6.07) is 7.17. The van der Waals surface area contributed by atoms with Crippen LogP contribution in [0.5, 0.6) is 0 Å². The van der Waals surface area contributed by atoms with Crippen molar-refractivity contribution in [1.29, 1.82) is 0 Å². The lowest BCUT2D eigenvalue weighted by Crippen LogP contribution is -2.04. The van der Waals surface area contributed by atoms with Crippen molar-refractivity contribution in [2.45, 2.75) is 20.0 Å². The van der Waals surface area contributed by atoms with E-state index in [1.54, 1.807) is 0 Å². The zero-order valence-electron chi connectivity index (χ0n) is 10.5. The first-order chi connectivity index (χ1) is 8.90. The third kappa shape index (κ3) is 2.85. The van der Waals surface area contributed by atoms with Gasteiger partial charge < -0.3 is 5.11 Å². The van der Waals surface area contributed by atoms with E-state index < -0.39 is 17.7 Å². The largest absolute Gasteiger partial charge is 0.384 e. The fraction of sp³-hybridized carbons (Fsp3) is 0.200. The molecule has 2 aromatic carbocycles. The van der Waals surface area contributed by atoms with Crippen LogP contribution in [-0.4, -0.2) is 5.11 Å². The molecule has 2 aromatic rings. The quantitative estimate of drug-likeness (QED) is 0.865. The van der Waals surface area contributed by atoms with Gasteiger partial charge in [-0.05, 0) is 54.3 Å². The Hall–Kier alpha value is -1.26. The molecule has 0 aromatic heterocycles. The Kier molecular flexibility index (Phi) is 4.02. The lowest BCUT2D eigenvalue weighted by atomic mass is 9.96. The summed E-state index contributed by atoms with van der Waals surface area (Å²) >= 11 is 3.42. The summed E-state index contributed by atoms with van der Waals surface area (Å²) < 4.78 is 27.1. The van der Waals surface area contributed by atoms with Gasteiger partial charge in [-0.1, -0.05) is 28.1 Å². The summed E-state index contributed by atoms with van der Waals surface area (Å²) in [7, 11) is 0. The lowest BCUT2D eigenvalue weighted by Gasteiger charge is -2.16. The predicted molar refractivity (Wildman–Crippen MR) is 74.0 cm³/mol. The van der Waals surface area contributed by atoms with Gasteiger partial charge in [-0.2, -0.15) is 0 Å². The number of benzene rings is 2. The molecule has 0 heterocycles. The fourth-order valence-electron chi connectivity index (χ4n) is 1.96. The van der Waals surface area contributed by atoms with Gasteiger partial charge >= 0.3 is 0 Å². The fourth-order valence-corrected chi connectivity index (χ4v) is 2.42. The van der Waals surface area contributed by atoms with E-state index in [2.05, 4.69) is 15.9 Å². The highest BCUT2D eigenvalue weighted by Crippen LogP contribution is 2.29. The highest BCUT2D eigenvalue weighted by molar-refractivity contribution is 9.10. The van der Waals surface area contributed by atoms with Crippen LogP contribution in [-0.2, 0) is 0 Å². The average Bonchev–Trinajstić information content (AvgIpc) is 2.36. The van der Waals surface area contributed by atoms with Crippen molar-refractivity contribution >= 4 is 15.9 Å². The second-order valence-electron chi connectivity index (χ2n) is 4.53. The lowest BCUT2D eigenvalue weighted by molar-refractivity contribution is 0.218. The normalized spacial score (nSPS) is 12.5. The van der Waals surface area contributed by atoms with E-state index in [4.69, 9.17) is 0 Å². The van der Waals surface area contributed by atoms with E-state index in [1.807, 2.05) is 26.0 Å². The Labute approximate surface area is 119 Å². The molecule has 0 saturated carbocycles. The first kappa shape index (κ1) is 14.2. The molecule has 0 aliphatic heterocycles. The molecule has 0 fully saturated rings. The van der Waals surface area contributed by atoms with Crippen molar-refractivity contribution < 1.29 is 13.9 Å². The van der Waals surface area contributed by atoms with Crippen LogP contribution in [0.2, 0.25) is 0 Å². The van der Waals surface area contributed by atoms with Crippen LogP contribution >= 0.6 is 15.9 Å². The van der Waals surface area contributed by atoms with Crippen molar-refractivity contribution in [3.63, 3.8) is 0 Å². The van der Waals surface area contributed by atoms with E-state index in [0.29, 0.717) is 11.1 Å². The van der Waals surface area contributed by atoms with E-state index in [0.717, 1.165) is 27.7 Å². The van der Waals surface area contributed by atoms with E-state index in [9.17, 15) is 13.9 Å². The zero-order chi connectivity index (χ0) is 14.2. The summed E-state index contributed by atoms with van der Waals surface area (Å²) in [5.74, 6) is -1.87. The minimum atomic E-state index is -0.970. The molecule has 0 bridgehead atoms. The van der Waals surface area contributed by atoms with Crippen LogP contribution in [0.4, 0.5) is 8.78 Å². The molecule has 100 valence electrons. The minimum Gasteiger partial charge on any atom is -0.384 e. The third-order valence-electron chi connectivity index (χ3n) is 3.10. The van der Waals surface area contributed by atoms with Gasteiger partial charge in [0.05, 0.1) is 0 Å². The number of aliphatic hydroxyl groups is 1. The Morgan fingerprint density at radius 2 is 1.68 bits per heavy atom. The van der Waals surface area contributed by atoms with Gasteiger partial charge in [-0.25, -0.2) is 8.78 Å². The topological polar surface area (TPSA) is 20.2 Å².